The molecule has 0 saturated carbocycles. The molecule has 0 saturated heterocycles. The third-order valence-corrected chi connectivity index (χ3v) is 6.27. The van der Waals surface area contributed by atoms with Crippen molar-refractivity contribution in [1.29, 1.82) is 0 Å². The summed E-state index contributed by atoms with van der Waals surface area (Å²) < 4.78 is 0. The zero-order valence-corrected chi connectivity index (χ0v) is 17.7. The van der Waals surface area contributed by atoms with Crippen LogP contribution in [0.2, 0.25) is 0 Å². The highest BCUT2D eigenvalue weighted by molar-refractivity contribution is 6.32. The van der Waals surface area contributed by atoms with Gasteiger partial charge in [-0.3, -0.25) is 0 Å². The van der Waals surface area contributed by atoms with Crippen LogP contribution in [0.25, 0.3) is 54.2 Å². The van der Waals surface area contributed by atoms with E-state index in [1.807, 2.05) is 12.1 Å². The Kier molecular flexibility index (Phi) is 4.55. The topological polar surface area (TPSA) is 0 Å². The first-order chi connectivity index (χ1) is 15.9. The van der Waals surface area contributed by atoms with Crippen molar-refractivity contribution in [2.75, 3.05) is 0 Å². The largest absolute Gasteiger partial charge is 0.0622 e. The third-order valence-electron chi connectivity index (χ3n) is 6.27. The fraction of sp³-hybridized carbons (Fsp3) is 0. The molecule has 0 aliphatic carbocycles. The highest BCUT2D eigenvalue weighted by Gasteiger charge is 2.11. The number of benzene rings is 7. The molecule has 0 unspecified atom stereocenters. The fourth-order valence-electron chi connectivity index (χ4n) is 4.84. The zero-order valence-electron chi connectivity index (χ0n) is 17.7. The molecular weight excluding hydrogens is 384 g/mol. The van der Waals surface area contributed by atoms with Crippen LogP contribution in [0.1, 0.15) is 0 Å². The second kappa shape index (κ2) is 7.83. The molecule has 32 heavy (non-hydrogen) atoms. The van der Waals surface area contributed by atoms with Crippen molar-refractivity contribution >= 4 is 43.1 Å². The Morgan fingerprint density at radius 2 is 0.562 bits per heavy atom. The SMILES string of the molecule is c1cc2cccc3c4cccc5cccc(c(c1)c23)c54.c1ccc(-c2ccccc2)cc1. The smallest absolute Gasteiger partial charge is 0.00264 e. The lowest BCUT2D eigenvalue weighted by Crippen LogP contribution is -1.85. The minimum absolute atomic E-state index is 1.28. The summed E-state index contributed by atoms with van der Waals surface area (Å²) in [4.78, 5) is 0. The van der Waals surface area contributed by atoms with Crippen molar-refractivity contribution in [3.63, 3.8) is 0 Å². The molecular formula is C32H22. The van der Waals surface area contributed by atoms with Crippen molar-refractivity contribution < 1.29 is 0 Å². The summed E-state index contributed by atoms with van der Waals surface area (Å²) in [5.74, 6) is 0. The van der Waals surface area contributed by atoms with E-state index in [1.54, 1.807) is 0 Å². The molecule has 0 aliphatic rings. The van der Waals surface area contributed by atoms with Gasteiger partial charge in [0.2, 0.25) is 0 Å². The first kappa shape index (κ1) is 18.6. The number of rotatable bonds is 1. The molecule has 7 rings (SSSR count). The first-order valence-corrected chi connectivity index (χ1v) is 11.0. The van der Waals surface area contributed by atoms with Gasteiger partial charge in [-0.25, -0.2) is 0 Å². The van der Waals surface area contributed by atoms with Crippen LogP contribution in [0.5, 0.6) is 0 Å². The minimum Gasteiger partial charge on any atom is -0.0622 e. The average Bonchev–Trinajstić information content (AvgIpc) is 2.88. The monoisotopic (exact) mass is 406 g/mol. The van der Waals surface area contributed by atoms with Gasteiger partial charge >= 0.3 is 0 Å². The van der Waals surface area contributed by atoms with E-state index in [-0.39, 0.29) is 0 Å². The van der Waals surface area contributed by atoms with Gasteiger partial charge in [-0.05, 0) is 54.2 Å². The van der Waals surface area contributed by atoms with Crippen molar-refractivity contribution in [3.05, 3.63) is 133 Å². The highest BCUT2D eigenvalue weighted by atomic mass is 14.1. The third kappa shape index (κ3) is 3.09. The van der Waals surface area contributed by atoms with Gasteiger partial charge in [0.15, 0.2) is 0 Å². The Balaban J connectivity index is 0.000000140. The van der Waals surface area contributed by atoms with Crippen LogP contribution in [0.4, 0.5) is 0 Å². The maximum Gasteiger partial charge on any atom is -0.00264 e. The number of hydrogen-bond acceptors (Lipinski definition) is 0. The van der Waals surface area contributed by atoms with Gasteiger partial charge in [-0.1, -0.05) is 133 Å². The van der Waals surface area contributed by atoms with E-state index in [1.165, 1.54) is 54.2 Å². The van der Waals surface area contributed by atoms with Gasteiger partial charge in [0.25, 0.3) is 0 Å². The van der Waals surface area contributed by atoms with Gasteiger partial charge in [0.1, 0.15) is 0 Å². The van der Waals surface area contributed by atoms with Crippen molar-refractivity contribution in [3.8, 4) is 11.1 Å². The quantitative estimate of drug-likeness (QED) is 0.188. The Bertz CT molecular complexity index is 1440. The lowest BCUT2D eigenvalue weighted by atomic mass is 9.90. The van der Waals surface area contributed by atoms with Gasteiger partial charge in [0, 0.05) is 0 Å². The zero-order chi connectivity index (χ0) is 21.3. The van der Waals surface area contributed by atoms with Gasteiger partial charge in [-0.15, -0.1) is 0 Å². The Labute approximate surface area is 187 Å². The number of fused-ring (bicyclic) bond motifs is 2. The van der Waals surface area contributed by atoms with Crippen molar-refractivity contribution in [2.24, 2.45) is 0 Å². The molecule has 0 bridgehead atoms. The van der Waals surface area contributed by atoms with Crippen molar-refractivity contribution in [2.45, 2.75) is 0 Å². The summed E-state index contributed by atoms with van der Waals surface area (Å²) in [6.45, 7) is 0. The van der Waals surface area contributed by atoms with Crippen LogP contribution in [0.15, 0.2) is 133 Å². The molecule has 0 nitrogen and oxygen atoms in total. The lowest BCUT2D eigenvalue weighted by molar-refractivity contribution is 1.62. The summed E-state index contributed by atoms with van der Waals surface area (Å²) >= 11 is 0. The van der Waals surface area contributed by atoms with Crippen LogP contribution in [0.3, 0.4) is 0 Å². The van der Waals surface area contributed by atoms with Crippen LogP contribution in [-0.4, -0.2) is 0 Å². The Morgan fingerprint density at radius 1 is 0.250 bits per heavy atom. The minimum atomic E-state index is 1.28. The summed E-state index contributed by atoms with van der Waals surface area (Å²) in [5.41, 5.74) is 2.55. The molecule has 0 N–H and O–H groups in total. The van der Waals surface area contributed by atoms with Crippen LogP contribution >= 0.6 is 0 Å². The first-order valence-electron chi connectivity index (χ1n) is 11.0. The van der Waals surface area contributed by atoms with Gasteiger partial charge in [0.05, 0.1) is 0 Å². The molecule has 0 amide bonds. The molecule has 0 spiro atoms. The number of hydrogen-bond donors (Lipinski definition) is 0. The van der Waals surface area contributed by atoms with Gasteiger partial charge < -0.3 is 0 Å². The molecule has 0 radical (unpaired) electrons. The normalized spacial score (nSPS) is 11.1. The van der Waals surface area contributed by atoms with E-state index < -0.39 is 0 Å². The van der Waals surface area contributed by atoms with E-state index >= 15 is 0 Å². The molecule has 7 aromatic rings. The summed E-state index contributed by atoms with van der Waals surface area (Å²) in [6.07, 6.45) is 0. The predicted molar refractivity (Wildman–Crippen MR) is 140 cm³/mol. The molecule has 7 aromatic carbocycles. The van der Waals surface area contributed by atoms with Crippen LogP contribution in [-0.2, 0) is 0 Å². The van der Waals surface area contributed by atoms with E-state index in [9.17, 15) is 0 Å². The maximum absolute atomic E-state index is 2.25. The average molecular weight is 407 g/mol. The van der Waals surface area contributed by atoms with Crippen LogP contribution < -0.4 is 0 Å². The molecule has 0 aromatic heterocycles. The molecule has 0 heteroatoms. The molecule has 0 fully saturated rings. The Morgan fingerprint density at radius 3 is 0.875 bits per heavy atom. The predicted octanol–water partition coefficient (Wildman–Crippen LogP) is 9.09. The summed E-state index contributed by atoms with van der Waals surface area (Å²) in [7, 11) is 0. The van der Waals surface area contributed by atoms with Gasteiger partial charge in [-0.2, -0.15) is 0 Å². The lowest BCUT2D eigenvalue weighted by Gasteiger charge is -2.13. The van der Waals surface area contributed by atoms with E-state index in [4.69, 9.17) is 0 Å². The summed E-state index contributed by atoms with van der Waals surface area (Å²) in [5, 5.41) is 10.9. The van der Waals surface area contributed by atoms with Crippen molar-refractivity contribution in [1.82, 2.24) is 0 Å². The fourth-order valence-corrected chi connectivity index (χ4v) is 4.84. The molecule has 0 aliphatic heterocycles. The molecule has 0 heterocycles. The molecule has 0 atom stereocenters. The summed E-state index contributed by atoms with van der Waals surface area (Å²) in [6, 6.07) is 47.2. The molecule has 150 valence electrons. The van der Waals surface area contributed by atoms with Crippen LogP contribution in [0, 0.1) is 0 Å². The highest BCUT2D eigenvalue weighted by Crippen LogP contribution is 2.39. The second-order valence-electron chi connectivity index (χ2n) is 8.15. The second-order valence-corrected chi connectivity index (χ2v) is 8.15. The van der Waals surface area contributed by atoms with E-state index in [2.05, 4.69) is 121 Å². The maximum atomic E-state index is 2.25. The Hall–Kier alpha value is -4.16. The van der Waals surface area contributed by atoms with E-state index in [0.717, 1.165) is 0 Å². The van der Waals surface area contributed by atoms with E-state index in [0.29, 0.717) is 0 Å². The standard InChI is InChI=1S/C20H12.C12H10/c1-5-13-6-2-11-17-18-12-4-8-14-7-3-10-16(20(14)18)15(9-1)19(13)17;1-3-7-11(8-4-1)12-9-5-2-6-10-12/h1-12H;1-10H.